The van der Waals surface area contributed by atoms with Crippen LogP contribution in [0.15, 0.2) is 18.2 Å². The van der Waals surface area contributed by atoms with Crippen LogP contribution in [0.3, 0.4) is 0 Å². The number of nitrogens with one attached hydrogen (secondary N) is 1. The Morgan fingerprint density at radius 2 is 2.12 bits per heavy atom. The van der Waals surface area contributed by atoms with E-state index in [9.17, 15) is 9.18 Å². The summed E-state index contributed by atoms with van der Waals surface area (Å²) in [6.07, 6.45) is 0. The van der Waals surface area contributed by atoms with Gasteiger partial charge in [-0.15, -0.1) is 12.4 Å². The van der Waals surface area contributed by atoms with Crippen LogP contribution in [0.1, 0.15) is 24.2 Å². The lowest BCUT2D eigenvalue weighted by Crippen LogP contribution is -2.48. The molecule has 0 unspecified atom stereocenters. The van der Waals surface area contributed by atoms with Crippen LogP contribution >= 0.6 is 35.0 Å². The number of amides is 1. The minimum Gasteiger partial charge on any atom is -0.346 e. The number of hydrogen-bond acceptors (Lipinski definition) is 2. The van der Waals surface area contributed by atoms with Gasteiger partial charge in [0.15, 0.2) is 0 Å². The van der Waals surface area contributed by atoms with Crippen LogP contribution in [0.5, 0.6) is 0 Å². The molecule has 0 aliphatic rings. The molecule has 0 radical (unpaired) electrons. The third-order valence-corrected chi connectivity index (χ3v) is 3.02. The number of carbonyl (C=O) groups is 1. The van der Waals surface area contributed by atoms with Crippen molar-refractivity contribution in [2.45, 2.75) is 19.4 Å². The highest BCUT2D eigenvalue weighted by molar-refractivity contribution is 14.1. The lowest BCUT2D eigenvalue weighted by Gasteiger charge is -2.24. The van der Waals surface area contributed by atoms with Crippen molar-refractivity contribution in [2.24, 2.45) is 5.73 Å². The molecule has 3 N–H and O–H groups in total. The van der Waals surface area contributed by atoms with E-state index in [0.29, 0.717) is 15.7 Å². The van der Waals surface area contributed by atoms with Gasteiger partial charge in [0.2, 0.25) is 0 Å². The van der Waals surface area contributed by atoms with Gasteiger partial charge in [-0.05, 0) is 54.6 Å². The first-order valence-corrected chi connectivity index (χ1v) is 5.91. The lowest BCUT2D eigenvalue weighted by molar-refractivity contribution is 0.0915. The molecule has 3 nitrogen and oxygen atoms in total. The van der Waals surface area contributed by atoms with E-state index in [4.69, 9.17) is 5.73 Å². The van der Waals surface area contributed by atoms with Gasteiger partial charge in [-0.2, -0.15) is 0 Å². The SMILES string of the molecule is CC(C)(CN)NC(=O)c1ccc(I)c(F)c1.Cl. The van der Waals surface area contributed by atoms with Gasteiger partial charge in [0.1, 0.15) is 5.82 Å². The highest BCUT2D eigenvalue weighted by Crippen LogP contribution is 2.13. The molecule has 0 atom stereocenters. The van der Waals surface area contributed by atoms with Gasteiger partial charge in [0, 0.05) is 21.2 Å². The first-order valence-electron chi connectivity index (χ1n) is 4.83. The van der Waals surface area contributed by atoms with Crippen LogP contribution in [-0.2, 0) is 0 Å². The van der Waals surface area contributed by atoms with E-state index in [2.05, 4.69) is 5.32 Å². The minimum atomic E-state index is -0.490. The van der Waals surface area contributed by atoms with E-state index < -0.39 is 5.54 Å². The second kappa shape index (κ2) is 6.51. The molecule has 0 fully saturated rings. The maximum absolute atomic E-state index is 13.2. The molecule has 1 amide bonds. The van der Waals surface area contributed by atoms with E-state index in [1.807, 2.05) is 36.4 Å². The predicted molar refractivity (Wildman–Crippen MR) is 77.0 cm³/mol. The summed E-state index contributed by atoms with van der Waals surface area (Å²) in [5.74, 6) is -0.704. The third-order valence-electron chi connectivity index (χ3n) is 2.14. The van der Waals surface area contributed by atoms with E-state index in [-0.39, 0.29) is 24.1 Å². The van der Waals surface area contributed by atoms with Crippen LogP contribution in [0.2, 0.25) is 0 Å². The Balaban J connectivity index is 0.00000256. The molecule has 0 bridgehead atoms. The summed E-state index contributed by atoms with van der Waals surface area (Å²) in [6.45, 7) is 3.95. The number of benzene rings is 1. The fourth-order valence-electron chi connectivity index (χ4n) is 1.07. The molecule has 1 aromatic carbocycles. The zero-order valence-electron chi connectivity index (χ0n) is 9.59. The van der Waals surface area contributed by atoms with Gasteiger partial charge in [-0.3, -0.25) is 4.79 Å². The minimum absolute atomic E-state index is 0. The van der Waals surface area contributed by atoms with Crippen molar-refractivity contribution >= 4 is 40.9 Å². The molecule has 0 aliphatic carbocycles. The molecule has 0 saturated heterocycles. The Kier molecular flexibility index (Phi) is 6.36. The van der Waals surface area contributed by atoms with Crippen molar-refractivity contribution in [3.8, 4) is 0 Å². The number of halogens is 3. The second-order valence-electron chi connectivity index (χ2n) is 4.17. The van der Waals surface area contributed by atoms with Crippen LogP contribution in [0.25, 0.3) is 0 Å². The summed E-state index contributed by atoms with van der Waals surface area (Å²) in [7, 11) is 0. The predicted octanol–water partition coefficient (Wildman–Crippen LogP) is 2.32. The van der Waals surface area contributed by atoms with Crippen LogP contribution < -0.4 is 11.1 Å². The number of rotatable bonds is 3. The van der Waals surface area contributed by atoms with Gasteiger partial charge in [-0.25, -0.2) is 4.39 Å². The topological polar surface area (TPSA) is 55.1 Å². The molecule has 1 aromatic rings. The lowest BCUT2D eigenvalue weighted by atomic mass is 10.1. The first-order chi connectivity index (χ1) is 7.35. The monoisotopic (exact) mass is 372 g/mol. The van der Waals surface area contributed by atoms with Crippen molar-refractivity contribution in [3.63, 3.8) is 0 Å². The molecule has 96 valence electrons. The van der Waals surface area contributed by atoms with Crippen molar-refractivity contribution in [1.29, 1.82) is 0 Å². The Morgan fingerprint density at radius 3 is 2.59 bits per heavy atom. The highest BCUT2D eigenvalue weighted by Gasteiger charge is 2.19. The van der Waals surface area contributed by atoms with E-state index in [0.717, 1.165) is 0 Å². The van der Waals surface area contributed by atoms with Gasteiger partial charge >= 0.3 is 0 Å². The molecule has 1 rings (SSSR count). The molecule has 0 heterocycles. The maximum Gasteiger partial charge on any atom is 0.251 e. The first kappa shape index (κ1) is 16.6. The Hall–Kier alpha value is -0.400. The average molecular weight is 373 g/mol. The average Bonchev–Trinajstić information content (AvgIpc) is 2.21. The maximum atomic E-state index is 13.2. The summed E-state index contributed by atoms with van der Waals surface area (Å²) in [5, 5.41) is 2.74. The Labute approximate surface area is 120 Å². The molecule has 0 saturated carbocycles. The molecule has 0 aromatic heterocycles. The molecular formula is C11H15ClFIN2O. The third kappa shape index (κ3) is 4.77. The van der Waals surface area contributed by atoms with E-state index in [1.54, 1.807) is 12.1 Å². The Bertz CT molecular complexity index is 412. The molecule has 0 spiro atoms. The van der Waals surface area contributed by atoms with Gasteiger partial charge in [-0.1, -0.05) is 0 Å². The number of nitrogens with two attached hydrogens (primary N) is 1. The number of carbonyl (C=O) groups excluding carboxylic acids is 1. The van der Waals surface area contributed by atoms with Gasteiger partial charge in [0.05, 0.1) is 0 Å². The van der Waals surface area contributed by atoms with Crippen molar-refractivity contribution in [1.82, 2.24) is 5.32 Å². The fourth-order valence-corrected chi connectivity index (χ4v) is 1.40. The zero-order chi connectivity index (χ0) is 12.3. The van der Waals surface area contributed by atoms with Gasteiger partial charge < -0.3 is 11.1 Å². The quantitative estimate of drug-likeness (QED) is 0.800. The summed E-state index contributed by atoms with van der Waals surface area (Å²) in [6, 6.07) is 4.39. The molecule has 0 aliphatic heterocycles. The summed E-state index contributed by atoms with van der Waals surface area (Å²) >= 11 is 1.87. The largest absolute Gasteiger partial charge is 0.346 e. The fraction of sp³-hybridized carbons (Fsp3) is 0.364. The smallest absolute Gasteiger partial charge is 0.251 e. The Morgan fingerprint density at radius 1 is 1.53 bits per heavy atom. The van der Waals surface area contributed by atoms with Crippen LogP contribution in [0, 0.1) is 9.39 Å². The number of hydrogen-bond donors (Lipinski definition) is 2. The van der Waals surface area contributed by atoms with Crippen molar-refractivity contribution in [2.75, 3.05) is 6.54 Å². The van der Waals surface area contributed by atoms with Crippen LogP contribution in [-0.4, -0.2) is 18.0 Å². The summed E-state index contributed by atoms with van der Waals surface area (Å²) in [4.78, 5) is 11.7. The summed E-state index contributed by atoms with van der Waals surface area (Å²) < 4.78 is 13.7. The van der Waals surface area contributed by atoms with Gasteiger partial charge in [0.25, 0.3) is 5.91 Å². The normalized spacial score (nSPS) is 10.6. The standard InChI is InChI=1S/C11H14FIN2O.ClH/c1-11(2,6-14)15-10(16)7-3-4-9(13)8(12)5-7;/h3-5H,6,14H2,1-2H3,(H,15,16);1H. The van der Waals surface area contributed by atoms with Crippen LogP contribution in [0.4, 0.5) is 4.39 Å². The van der Waals surface area contributed by atoms with Crippen molar-refractivity contribution < 1.29 is 9.18 Å². The second-order valence-corrected chi connectivity index (χ2v) is 5.33. The van der Waals surface area contributed by atoms with Crippen molar-refractivity contribution in [3.05, 3.63) is 33.1 Å². The zero-order valence-corrected chi connectivity index (χ0v) is 12.6. The van der Waals surface area contributed by atoms with E-state index >= 15 is 0 Å². The van der Waals surface area contributed by atoms with E-state index in [1.165, 1.54) is 6.07 Å². The molecule has 6 heteroatoms. The summed E-state index contributed by atoms with van der Waals surface area (Å²) in [5.41, 5.74) is 5.31. The molecular weight excluding hydrogens is 357 g/mol. The highest BCUT2D eigenvalue weighted by atomic mass is 127. The molecule has 17 heavy (non-hydrogen) atoms.